The van der Waals surface area contributed by atoms with E-state index < -0.39 is 0 Å². The Balaban J connectivity index is 2.25. The number of hydrogen-bond acceptors (Lipinski definition) is 4. The molecule has 19 heavy (non-hydrogen) atoms. The van der Waals surface area contributed by atoms with E-state index in [-0.39, 0.29) is 5.82 Å². The molecule has 2 N–H and O–H groups in total. The van der Waals surface area contributed by atoms with Gasteiger partial charge in [0, 0.05) is 18.8 Å². The maximum Gasteiger partial charge on any atom is 0.186 e. The van der Waals surface area contributed by atoms with Crippen LogP contribution in [0.15, 0.2) is 30.6 Å². The van der Waals surface area contributed by atoms with E-state index in [4.69, 9.17) is 5.73 Å². The highest BCUT2D eigenvalue weighted by atomic mass is 19.1. The number of rotatable bonds is 4. The number of aromatic nitrogens is 2. The summed E-state index contributed by atoms with van der Waals surface area (Å²) in [6, 6.07) is 7.55. The van der Waals surface area contributed by atoms with E-state index in [0.29, 0.717) is 24.6 Å². The fraction of sp³-hybridized carbons (Fsp3) is 0.286. The molecule has 4 nitrogen and oxygen atoms in total. The molecule has 2 rings (SSSR count). The van der Waals surface area contributed by atoms with Gasteiger partial charge in [-0.3, -0.25) is 0 Å². The third-order valence-corrected chi connectivity index (χ3v) is 2.98. The molecule has 0 aliphatic heterocycles. The zero-order valence-electron chi connectivity index (χ0n) is 11.1. The highest BCUT2D eigenvalue weighted by Crippen LogP contribution is 2.19. The topological polar surface area (TPSA) is 55.0 Å². The molecule has 0 saturated heterocycles. The molecule has 100 valence electrons. The molecule has 0 saturated carbocycles. The number of nitrogens with zero attached hydrogens (tertiary/aromatic N) is 3. The van der Waals surface area contributed by atoms with E-state index in [9.17, 15) is 4.39 Å². The molecule has 0 radical (unpaired) electrons. The summed E-state index contributed by atoms with van der Waals surface area (Å²) in [7, 11) is 0. The summed E-state index contributed by atoms with van der Waals surface area (Å²) in [5.41, 5.74) is 7.79. The van der Waals surface area contributed by atoms with Crippen molar-refractivity contribution < 1.29 is 4.39 Å². The summed E-state index contributed by atoms with van der Waals surface area (Å²) < 4.78 is 14.0. The van der Waals surface area contributed by atoms with Crippen LogP contribution in [0.5, 0.6) is 0 Å². The lowest BCUT2D eigenvalue weighted by molar-refractivity contribution is 0.591. The third kappa shape index (κ3) is 2.99. The van der Waals surface area contributed by atoms with Crippen LogP contribution in [0.25, 0.3) is 0 Å². The monoisotopic (exact) mass is 260 g/mol. The second-order valence-corrected chi connectivity index (χ2v) is 4.35. The van der Waals surface area contributed by atoms with Gasteiger partial charge in [0.1, 0.15) is 6.33 Å². The molecule has 0 amide bonds. The number of nitrogen functional groups attached to an aromatic ring is 1. The highest BCUT2D eigenvalue weighted by molar-refractivity contribution is 5.44. The molecule has 1 heterocycles. The molecule has 0 bridgehead atoms. The molecule has 2 aromatic rings. The average Bonchev–Trinajstić information content (AvgIpc) is 2.42. The Morgan fingerprint density at radius 3 is 2.53 bits per heavy atom. The van der Waals surface area contributed by atoms with Crippen molar-refractivity contribution in [3.63, 3.8) is 0 Å². The number of halogens is 1. The number of anilines is 2. The van der Waals surface area contributed by atoms with Gasteiger partial charge in [-0.25, -0.2) is 14.4 Å². The van der Waals surface area contributed by atoms with E-state index >= 15 is 0 Å². The summed E-state index contributed by atoms with van der Waals surface area (Å²) in [6.45, 7) is 4.85. The summed E-state index contributed by atoms with van der Waals surface area (Å²) in [4.78, 5) is 9.76. The average molecular weight is 260 g/mol. The predicted molar refractivity (Wildman–Crippen MR) is 74.3 cm³/mol. The molecule has 1 aromatic heterocycles. The molecule has 5 heteroatoms. The first-order valence-corrected chi connectivity index (χ1v) is 6.18. The van der Waals surface area contributed by atoms with E-state index in [0.717, 1.165) is 11.3 Å². The molecular formula is C14H17FN4. The lowest BCUT2D eigenvalue weighted by atomic mass is 10.2. The predicted octanol–water partition coefficient (Wildman–Crippen LogP) is 2.53. The molecular weight excluding hydrogens is 243 g/mol. The minimum Gasteiger partial charge on any atom is -0.399 e. The number of hydrogen-bond donors (Lipinski definition) is 1. The molecule has 0 aliphatic rings. The van der Waals surface area contributed by atoms with E-state index in [1.54, 1.807) is 6.92 Å². The van der Waals surface area contributed by atoms with Gasteiger partial charge in [-0.1, -0.05) is 12.1 Å². The van der Waals surface area contributed by atoms with Crippen molar-refractivity contribution in [2.75, 3.05) is 17.2 Å². The van der Waals surface area contributed by atoms with Gasteiger partial charge in [0.05, 0.1) is 5.69 Å². The summed E-state index contributed by atoms with van der Waals surface area (Å²) >= 11 is 0. The van der Waals surface area contributed by atoms with Gasteiger partial charge >= 0.3 is 0 Å². The van der Waals surface area contributed by atoms with Crippen molar-refractivity contribution in [2.24, 2.45) is 0 Å². The smallest absolute Gasteiger partial charge is 0.186 e. The van der Waals surface area contributed by atoms with E-state index in [2.05, 4.69) is 9.97 Å². The van der Waals surface area contributed by atoms with Crippen LogP contribution in [0.4, 0.5) is 15.9 Å². The molecule has 0 unspecified atom stereocenters. The fourth-order valence-corrected chi connectivity index (χ4v) is 1.85. The Labute approximate surface area is 112 Å². The number of aryl methyl sites for hydroxylation is 1. The molecule has 0 aliphatic carbocycles. The van der Waals surface area contributed by atoms with Gasteiger partial charge in [0.2, 0.25) is 0 Å². The van der Waals surface area contributed by atoms with Gasteiger partial charge in [-0.2, -0.15) is 0 Å². The van der Waals surface area contributed by atoms with Crippen LogP contribution in [-0.2, 0) is 6.54 Å². The van der Waals surface area contributed by atoms with Gasteiger partial charge in [-0.05, 0) is 31.5 Å². The standard InChI is InChI=1S/C14H17FN4/c1-3-19(8-11-4-6-12(16)7-5-11)14-13(15)10(2)17-9-18-14/h4-7,9H,3,8,16H2,1-2H3. The van der Waals surface area contributed by atoms with Crippen molar-refractivity contribution in [2.45, 2.75) is 20.4 Å². The number of nitrogens with two attached hydrogens (primary N) is 1. The van der Waals surface area contributed by atoms with Gasteiger partial charge < -0.3 is 10.6 Å². The van der Waals surface area contributed by atoms with Crippen molar-refractivity contribution >= 4 is 11.5 Å². The fourth-order valence-electron chi connectivity index (χ4n) is 1.85. The van der Waals surface area contributed by atoms with Crippen LogP contribution in [0.3, 0.4) is 0 Å². The first kappa shape index (κ1) is 13.3. The zero-order chi connectivity index (χ0) is 13.8. The Kier molecular flexibility index (Phi) is 3.94. The molecule has 1 aromatic carbocycles. The minimum atomic E-state index is -0.361. The van der Waals surface area contributed by atoms with Crippen molar-refractivity contribution in [3.05, 3.63) is 47.7 Å². The first-order valence-electron chi connectivity index (χ1n) is 6.18. The molecule has 0 atom stereocenters. The SMILES string of the molecule is CCN(Cc1ccc(N)cc1)c1ncnc(C)c1F. The Bertz CT molecular complexity index is 554. The Morgan fingerprint density at radius 2 is 1.89 bits per heavy atom. The van der Waals surface area contributed by atoms with Gasteiger partial charge in [-0.15, -0.1) is 0 Å². The second-order valence-electron chi connectivity index (χ2n) is 4.35. The highest BCUT2D eigenvalue weighted by Gasteiger charge is 2.14. The van der Waals surface area contributed by atoms with Crippen LogP contribution < -0.4 is 10.6 Å². The van der Waals surface area contributed by atoms with E-state index in [1.807, 2.05) is 36.1 Å². The lowest BCUT2D eigenvalue weighted by Gasteiger charge is -2.22. The lowest BCUT2D eigenvalue weighted by Crippen LogP contribution is -2.24. The van der Waals surface area contributed by atoms with Crippen LogP contribution in [-0.4, -0.2) is 16.5 Å². The largest absolute Gasteiger partial charge is 0.399 e. The molecule has 0 fully saturated rings. The Hall–Kier alpha value is -2.17. The van der Waals surface area contributed by atoms with Crippen LogP contribution in [0.2, 0.25) is 0 Å². The molecule has 0 spiro atoms. The van der Waals surface area contributed by atoms with Crippen LogP contribution in [0, 0.1) is 12.7 Å². The summed E-state index contributed by atoms with van der Waals surface area (Å²) in [5.74, 6) is -0.0216. The summed E-state index contributed by atoms with van der Waals surface area (Å²) in [6.07, 6.45) is 1.39. The van der Waals surface area contributed by atoms with Gasteiger partial charge in [0.25, 0.3) is 0 Å². The minimum absolute atomic E-state index is 0.340. The second kappa shape index (κ2) is 5.65. The van der Waals surface area contributed by atoms with E-state index in [1.165, 1.54) is 6.33 Å². The van der Waals surface area contributed by atoms with Crippen molar-refractivity contribution in [1.29, 1.82) is 0 Å². The maximum atomic E-state index is 14.0. The van der Waals surface area contributed by atoms with Crippen molar-refractivity contribution in [1.82, 2.24) is 9.97 Å². The quantitative estimate of drug-likeness (QED) is 0.858. The number of benzene rings is 1. The van der Waals surface area contributed by atoms with Gasteiger partial charge in [0.15, 0.2) is 11.6 Å². The summed E-state index contributed by atoms with van der Waals surface area (Å²) in [5, 5.41) is 0. The Morgan fingerprint density at radius 1 is 1.21 bits per heavy atom. The first-order chi connectivity index (χ1) is 9.11. The van der Waals surface area contributed by atoms with Crippen LogP contribution >= 0.6 is 0 Å². The third-order valence-electron chi connectivity index (χ3n) is 2.98. The maximum absolute atomic E-state index is 14.0. The van der Waals surface area contributed by atoms with Crippen LogP contribution in [0.1, 0.15) is 18.2 Å². The zero-order valence-corrected chi connectivity index (χ0v) is 11.1. The normalized spacial score (nSPS) is 10.5. The van der Waals surface area contributed by atoms with Crippen molar-refractivity contribution in [3.8, 4) is 0 Å².